The van der Waals surface area contributed by atoms with Crippen LogP contribution in [0.1, 0.15) is 32.0 Å². The molecule has 0 saturated heterocycles. The topological polar surface area (TPSA) is 71.3 Å². The van der Waals surface area contributed by atoms with E-state index >= 15 is 0 Å². The number of benzene rings is 1. The Balaban J connectivity index is 1.90. The van der Waals surface area contributed by atoms with Crippen LogP contribution in [-0.2, 0) is 17.7 Å². The second-order valence-corrected chi connectivity index (χ2v) is 6.50. The number of para-hydroxylation sites is 1. The quantitative estimate of drug-likeness (QED) is 0.732. The van der Waals surface area contributed by atoms with Crippen LogP contribution in [0, 0.1) is 0 Å². The maximum atomic E-state index is 12.2. The number of carbonyl (C=O) groups is 1. The standard InChI is InChI=1S/C16H21N3O2/c1-16(2,3)21-15(20)19-8-7-13-11(9-19)10-5-4-6-12(17)14(10)18-13/h4-6,18H,7-9,17H2,1-3H3. The van der Waals surface area contributed by atoms with Crippen LogP contribution >= 0.6 is 0 Å². The minimum Gasteiger partial charge on any atom is -0.444 e. The number of anilines is 1. The van der Waals surface area contributed by atoms with Crippen LogP contribution in [0.25, 0.3) is 10.9 Å². The molecule has 0 fully saturated rings. The number of aromatic amines is 1. The number of fused-ring (bicyclic) bond motifs is 3. The summed E-state index contributed by atoms with van der Waals surface area (Å²) in [6, 6.07) is 5.87. The van der Waals surface area contributed by atoms with E-state index in [-0.39, 0.29) is 6.09 Å². The molecule has 0 aliphatic carbocycles. The Hall–Kier alpha value is -2.17. The highest BCUT2D eigenvalue weighted by Gasteiger charge is 2.27. The number of H-pyrrole nitrogens is 1. The van der Waals surface area contributed by atoms with Crippen LogP contribution in [0.4, 0.5) is 10.5 Å². The van der Waals surface area contributed by atoms with Crippen LogP contribution in [0.5, 0.6) is 0 Å². The first-order valence-electron chi connectivity index (χ1n) is 7.21. The number of nitrogens with zero attached hydrogens (tertiary/aromatic N) is 1. The predicted molar refractivity (Wildman–Crippen MR) is 83.1 cm³/mol. The molecule has 21 heavy (non-hydrogen) atoms. The lowest BCUT2D eigenvalue weighted by atomic mass is 10.0. The van der Waals surface area contributed by atoms with Gasteiger partial charge in [-0.1, -0.05) is 12.1 Å². The summed E-state index contributed by atoms with van der Waals surface area (Å²) < 4.78 is 5.46. The van der Waals surface area contributed by atoms with E-state index in [0.29, 0.717) is 13.1 Å². The number of nitrogens with two attached hydrogens (primary N) is 1. The zero-order valence-corrected chi connectivity index (χ0v) is 12.7. The van der Waals surface area contributed by atoms with E-state index in [0.717, 1.165) is 28.6 Å². The molecule has 112 valence electrons. The summed E-state index contributed by atoms with van der Waals surface area (Å²) >= 11 is 0. The van der Waals surface area contributed by atoms with Crippen LogP contribution in [0.3, 0.4) is 0 Å². The van der Waals surface area contributed by atoms with Gasteiger partial charge in [0, 0.05) is 29.6 Å². The predicted octanol–water partition coefficient (Wildman–Crippen LogP) is 3.04. The van der Waals surface area contributed by atoms with Gasteiger partial charge in [0.1, 0.15) is 5.60 Å². The highest BCUT2D eigenvalue weighted by Crippen LogP contribution is 2.31. The second-order valence-electron chi connectivity index (χ2n) is 6.50. The van der Waals surface area contributed by atoms with Gasteiger partial charge >= 0.3 is 6.09 Å². The number of carbonyl (C=O) groups excluding carboxylic acids is 1. The third kappa shape index (κ3) is 2.55. The summed E-state index contributed by atoms with van der Waals surface area (Å²) in [6.45, 7) is 6.87. The molecule has 2 aromatic rings. The average molecular weight is 287 g/mol. The summed E-state index contributed by atoms with van der Waals surface area (Å²) in [5, 5.41) is 1.10. The first kappa shape index (κ1) is 13.8. The molecule has 0 spiro atoms. The van der Waals surface area contributed by atoms with Crippen molar-refractivity contribution in [3.63, 3.8) is 0 Å². The molecule has 3 rings (SSSR count). The van der Waals surface area contributed by atoms with Crippen molar-refractivity contribution < 1.29 is 9.53 Å². The first-order chi connectivity index (χ1) is 9.85. The van der Waals surface area contributed by atoms with Crippen LogP contribution in [-0.4, -0.2) is 28.1 Å². The molecular formula is C16H21N3O2. The third-order valence-electron chi connectivity index (χ3n) is 3.69. The Labute approximate surface area is 124 Å². The van der Waals surface area contributed by atoms with Crippen LogP contribution in [0.15, 0.2) is 18.2 Å². The van der Waals surface area contributed by atoms with Crippen molar-refractivity contribution in [1.82, 2.24) is 9.88 Å². The average Bonchev–Trinajstić information content (AvgIpc) is 2.76. The van der Waals surface area contributed by atoms with Gasteiger partial charge in [-0.05, 0) is 26.8 Å². The number of rotatable bonds is 0. The van der Waals surface area contributed by atoms with Crippen molar-refractivity contribution >= 4 is 22.7 Å². The molecule has 1 aromatic heterocycles. The molecule has 1 aliphatic rings. The number of hydrogen-bond acceptors (Lipinski definition) is 3. The molecule has 0 radical (unpaired) electrons. The summed E-state index contributed by atoms with van der Waals surface area (Å²) in [4.78, 5) is 17.4. The fourth-order valence-electron chi connectivity index (χ4n) is 2.74. The lowest BCUT2D eigenvalue weighted by molar-refractivity contribution is 0.0224. The number of nitrogens with one attached hydrogen (secondary N) is 1. The number of nitrogen functional groups attached to an aromatic ring is 1. The second kappa shape index (κ2) is 4.69. The van der Waals surface area contributed by atoms with Crippen molar-refractivity contribution in [3.05, 3.63) is 29.5 Å². The van der Waals surface area contributed by atoms with Gasteiger partial charge in [0.05, 0.1) is 17.7 Å². The maximum Gasteiger partial charge on any atom is 0.410 e. The lowest BCUT2D eigenvalue weighted by Gasteiger charge is -2.30. The number of amides is 1. The molecule has 3 N–H and O–H groups in total. The van der Waals surface area contributed by atoms with Gasteiger partial charge in [0.2, 0.25) is 0 Å². The Morgan fingerprint density at radius 2 is 2.14 bits per heavy atom. The molecular weight excluding hydrogens is 266 g/mol. The van der Waals surface area contributed by atoms with Crippen molar-refractivity contribution in [2.45, 2.75) is 39.3 Å². The van der Waals surface area contributed by atoms with E-state index in [2.05, 4.69) is 4.98 Å². The van der Waals surface area contributed by atoms with Crippen molar-refractivity contribution in [3.8, 4) is 0 Å². The lowest BCUT2D eigenvalue weighted by Crippen LogP contribution is -2.39. The highest BCUT2D eigenvalue weighted by molar-refractivity contribution is 5.93. The van der Waals surface area contributed by atoms with Gasteiger partial charge in [-0.3, -0.25) is 0 Å². The van der Waals surface area contributed by atoms with Gasteiger partial charge in [0.25, 0.3) is 0 Å². The molecule has 5 heteroatoms. The SMILES string of the molecule is CC(C)(C)OC(=O)N1CCc2[nH]c3c(N)cccc3c2C1. The Morgan fingerprint density at radius 1 is 1.38 bits per heavy atom. The van der Waals surface area contributed by atoms with Crippen molar-refractivity contribution in [2.75, 3.05) is 12.3 Å². The van der Waals surface area contributed by atoms with E-state index in [9.17, 15) is 4.79 Å². The molecule has 0 saturated carbocycles. The van der Waals surface area contributed by atoms with Crippen molar-refractivity contribution in [1.29, 1.82) is 0 Å². The maximum absolute atomic E-state index is 12.2. The molecule has 0 unspecified atom stereocenters. The molecule has 1 aliphatic heterocycles. The van der Waals surface area contributed by atoms with Gasteiger partial charge in [-0.2, -0.15) is 0 Å². The Kier molecular flexibility index (Phi) is 3.08. The van der Waals surface area contributed by atoms with Crippen LogP contribution in [0.2, 0.25) is 0 Å². The van der Waals surface area contributed by atoms with E-state index in [1.807, 2.05) is 39.0 Å². The fraction of sp³-hybridized carbons (Fsp3) is 0.438. The van der Waals surface area contributed by atoms with E-state index < -0.39 is 5.60 Å². The smallest absolute Gasteiger partial charge is 0.410 e. The Morgan fingerprint density at radius 3 is 2.86 bits per heavy atom. The molecule has 1 amide bonds. The molecule has 0 bridgehead atoms. The summed E-state index contributed by atoms with van der Waals surface area (Å²) in [5.41, 5.74) is 9.56. The highest BCUT2D eigenvalue weighted by atomic mass is 16.6. The van der Waals surface area contributed by atoms with E-state index in [1.165, 1.54) is 5.69 Å². The van der Waals surface area contributed by atoms with E-state index in [1.54, 1.807) is 4.90 Å². The fourth-order valence-corrected chi connectivity index (χ4v) is 2.74. The normalized spacial score (nSPS) is 15.1. The minimum atomic E-state index is -0.470. The molecule has 1 aromatic carbocycles. The van der Waals surface area contributed by atoms with Gasteiger partial charge in [0.15, 0.2) is 0 Å². The monoisotopic (exact) mass is 287 g/mol. The summed E-state index contributed by atoms with van der Waals surface area (Å²) in [5.74, 6) is 0. The summed E-state index contributed by atoms with van der Waals surface area (Å²) in [7, 11) is 0. The number of hydrogen-bond donors (Lipinski definition) is 2. The molecule has 5 nitrogen and oxygen atoms in total. The van der Waals surface area contributed by atoms with Crippen LogP contribution < -0.4 is 5.73 Å². The van der Waals surface area contributed by atoms with Gasteiger partial charge in [-0.25, -0.2) is 4.79 Å². The number of ether oxygens (including phenoxy) is 1. The van der Waals surface area contributed by atoms with E-state index in [4.69, 9.17) is 10.5 Å². The zero-order chi connectivity index (χ0) is 15.2. The zero-order valence-electron chi connectivity index (χ0n) is 12.7. The van der Waals surface area contributed by atoms with Gasteiger partial charge in [-0.15, -0.1) is 0 Å². The summed E-state index contributed by atoms with van der Waals surface area (Å²) in [6.07, 6.45) is 0.536. The minimum absolute atomic E-state index is 0.258. The first-order valence-corrected chi connectivity index (χ1v) is 7.21. The Bertz CT molecular complexity index is 697. The number of aromatic nitrogens is 1. The molecule has 0 atom stereocenters. The molecule has 2 heterocycles. The largest absolute Gasteiger partial charge is 0.444 e. The third-order valence-corrected chi connectivity index (χ3v) is 3.69. The van der Waals surface area contributed by atoms with Crippen molar-refractivity contribution in [2.24, 2.45) is 0 Å². The van der Waals surface area contributed by atoms with Gasteiger partial charge < -0.3 is 20.4 Å².